The number of H-pyrrole nitrogens is 1. The van der Waals surface area contributed by atoms with E-state index in [0.717, 1.165) is 36.6 Å². The molecule has 4 rings (SSSR count). The zero-order valence-electron chi connectivity index (χ0n) is 15.8. The van der Waals surface area contributed by atoms with Gasteiger partial charge in [0.25, 0.3) is 5.91 Å². The van der Waals surface area contributed by atoms with Crippen LogP contribution in [0.2, 0.25) is 0 Å². The lowest BCUT2D eigenvalue weighted by molar-refractivity contribution is 0.0487. The van der Waals surface area contributed by atoms with E-state index >= 15 is 0 Å². The Labute approximate surface area is 152 Å². The highest BCUT2D eigenvalue weighted by molar-refractivity contribution is 5.96. The number of nitrogens with one attached hydrogen (secondary N) is 1. The quantitative estimate of drug-likeness (QED) is 0.901. The number of nitrogens with zero attached hydrogens (tertiary/aromatic N) is 5. The lowest BCUT2D eigenvalue weighted by Gasteiger charge is -2.37. The van der Waals surface area contributed by atoms with Crippen LogP contribution in [0.1, 0.15) is 78.0 Å². The molecular formula is C18H26N6O2. The van der Waals surface area contributed by atoms with E-state index in [9.17, 15) is 4.79 Å². The van der Waals surface area contributed by atoms with Crippen molar-refractivity contribution in [2.75, 3.05) is 26.7 Å². The smallest absolute Gasteiger partial charge is 0.257 e. The highest BCUT2D eigenvalue weighted by Crippen LogP contribution is 2.39. The molecule has 1 saturated carbocycles. The topological polar surface area (TPSA) is 91.2 Å². The van der Waals surface area contributed by atoms with E-state index < -0.39 is 0 Å². The Bertz CT molecular complexity index is 806. The fourth-order valence-corrected chi connectivity index (χ4v) is 3.51. The minimum Gasteiger partial charge on any atom is -0.338 e. The highest BCUT2D eigenvalue weighted by Gasteiger charge is 2.36. The van der Waals surface area contributed by atoms with Crippen LogP contribution in [0.4, 0.5) is 0 Å². The molecule has 1 amide bonds. The number of aryl methyl sites for hydroxylation is 1. The number of amides is 1. The van der Waals surface area contributed by atoms with E-state index in [1.165, 1.54) is 0 Å². The van der Waals surface area contributed by atoms with E-state index in [-0.39, 0.29) is 17.9 Å². The van der Waals surface area contributed by atoms with Crippen molar-refractivity contribution in [1.82, 2.24) is 30.1 Å². The van der Waals surface area contributed by atoms with Crippen molar-refractivity contribution in [3.63, 3.8) is 0 Å². The molecule has 3 heterocycles. The Morgan fingerprint density at radius 3 is 2.77 bits per heavy atom. The predicted molar refractivity (Wildman–Crippen MR) is 95.0 cm³/mol. The summed E-state index contributed by atoms with van der Waals surface area (Å²) in [6.07, 6.45) is 2.28. The van der Waals surface area contributed by atoms with Crippen LogP contribution in [0.5, 0.6) is 0 Å². The van der Waals surface area contributed by atoms with Gasteiger partial charge in [-0.3, -0.25) is 14.8 Å². The first-order valence-electron chi connectivity index (χ1n) is 9.33. The molecule has 0 spiro atoms. The molecule has 1 N–H and O–H groups in total. The Balaban J connectivity index is 1.56. The van der Waals surface area contributed by atoms with Crippen molar-refractivity contribution in [1.29, 1.82) is 0 Å². The van der Waals surface area contributed by atoms with Crippen LogP contribution in [0.25, 0.3) is 0 Å². The van der Waals surface area contributed by atoms with Crippen LogP contribution >= 0.6 is 0 Å². The molecular weight excluding hydrogens is 332 g/mol. The number of carbonyl (C=O) groups excluding carboxylic acids is 1. The molecule has 0 bridgehead atoms. The van der Waals surface area contributed by atoms with Gasteiger partial charge in [0, 0.05) is 31.2 Å². The molecule has 0 radical (unpaired) electrons. The summed E-state index contributed by atoms with van der Waals surface area (Å²) in [5, 5.41) is 11.4. The molecule has 1 saturated heterocycles. The van der Waals surface area contributed by atoms with Gasteiger partial charge in [0.1, 0.15) is 6.04 Å². The summed E-state index contributed by atoms with van der Waals surface area (Å²) in [6.45, 7) is 8.00. The second kappa shape index (κ2) is 6.50. The van der Waals surface area contributed by atoms with Crippen LogP contribution < -0.4 is 0 Å². The van der Waals surface area contributed by atoms with Gasteiger partial charge in [-0.25, -0.2) is 0 Å². The van der Waals surface area contributed by atoms with Crippen molar-refractivity contribution in [2.24, 2.45) is 0 Å². The molecule has 1 aliphatic carbocycles. The average molecular weight is 358 g/mol. The van der Waals surface area contributed by atoms with Crippen LogP contribution in [0, 0.1) is 6.92 Å². The van der Waals surface area contributed by atoms with Gasteiger partial charge in [0.2, 0.25) is 5.89 Å². The molecule has 2 fully saturated rings. The molecule has 2 aliphatic rings. The summed E-state index contributed by atoms with van der Waals surface area (Å²) >= 11 is 0. The molecule has 140 valence electrons. The van der Waals surface area contributed by atoms with Gasteiger partial charge >= 0.3 is 0 Å². The first-order chi connectivity index (χ1) is 12.5. The predicted octanol–water partition coefficient (Wildman–Crippen LogP) is 2.23. The molecule has 8 heteroatoms. The van der Waals surface area contributed by atoms with Gasteiger partial charge in [-0.05, 0) is 32.7 Å². The maximum absolute atomic E-state index is 13.2. The number of rotatable bonds is 4. The highest BCUT2D eigenvalue weighted by atomic mass is 16.5. The fraction of sp³-hybridized carbons (Fsp3) is 0.667. The van der Waals surface area contributed by atoms with Crippen LogP contribution in [-0.4, -0.2) is 62.7 Å². The molecule has 26 heavy (non-hydrogen) atoms. The zero-order valence-corrected chi connectivity index (χ0v) is 15.8. The monoisotopic (exact) mass is 358 g/mol. The van der Waals surface area contributed by atoms with Crippen molar-refractivity contribution in [2.45, 2.75) is 51.5 Å². The molecule has 1 unspecified atom stereocenters. The Morgan fingerprint density at radius 1 is 1.31 bits per heavy atom. The second-order valence-electron chi connectivity index (χ2n) is 7.78. The number of aromatic amines is 1. The van der Waals surface area contributed by atoms with E-state index in [4.69, 9.17) is 4.52 Å². The van der Waals surface area contributed by atoms with Crippen LogP contribution in [-0.2, 0) is 0 Å². The molecule has 2 aromatic rings. The van der Waals surface area contributed by atoms with E-state index in [1.54, 1.807) is 0 Å². The summed E-state index contributed by atoms with van der Waals surface area (Å²) in [7, 11) is 2.04. The number of aromatic nitrogens is 4. The van der Waals surface area contributed by atoms with E-state index in [1.807, 2.05) is 18.9 Å². The van der Waals surface area contributed by atoms with Crippen LogP contribution in [0.15, 0.2) is 4.52 Å². The molecule has 2 aromatic heterocycles. The van der Waals surface area contributed by atoms with Crippen molar-refractivity contribution in [3.05, 3.63) is 28.7 Å². The lowest BCUT2D eigenvalue weighted by Crippen LogP contribution is -2.49. The SMILES string of the molecule is Cc1[nH]nc(C(C)C)c1C(=O)N1CCN(C)C(c2nc(C3CC3)no2)C1. The minimum atomic E-state index is -0.0672. The Kier molecular flexibility index (Phi) is 4.30. The third kappa shape index (κ3) is 3.02. The van der Waals surface area contributed by atoms with Gasteiger partial charge in [0.05, 0.1) is 11.3 Å². The van der Waals surface area contributed by atoms with Gasteiger partial charge in [-0.15, -0.1) is 0 Å². The standard InChI is InChI=1S/C18H26N6O2/c1-10(2)15-14(11(3)20-21-15)18(25)24-8-7-23(4)13(9-24)17-19-16(22-26-17)12-5-6-12/h10,12-13H,5-9H2,1-4H3,(H,20,21). The minimum absolute atomic E-state index is 0.0278. The fourth-order valence-electron chi connectivity index (χ4n) is 3.51. The zero-order chi connectivity index (χ0) is 18.4. The average Bonchev–Trinajstić information content (AvgIpc) is 3.21. The summed E-state index contributed by atoms with van der Waals surface area (Å²) in [6, 6.07) is -0.0672. The second-order valence-corrected chi connectivity index (χ2v) is 7.78. The largest absolute Gasteiger partial charge is 0.338 e. The van der Waals surface area contributed by atoms with E-state index in [0.29, 0.717) is 30.5 Å². The Hall–Kier alpha value is -2.22. The first kappa shape index (κ1) is 17.2. The van der Waals surface area contributed by atoms with Crippen molar-refractivity contribution in [3.8, 4) is 0 Å². The van der Waals surface area contributed by atoms with Gasteiger partial charge in [0.15, 0.2) is 5.82 Å². The Morgan fingerprint density at radius 2 is 2.08 bits per heavy atom. The van der Waals surface area contributed by atoms with Gasteiger partial charge < -0.3 is 9.42 Å². The van der Waals surface area contributed by atoms with Crippen molar-refractivity contribution >= 4 is 5.91 Å². The normalized spacial score (nSPS) is 21.6. The first-order valence-corrected chi connectivity index (χ1v) is 9.33. The van der Waals surface area contributed by atoms with Crippen molar-refractivity contribution < 1.29 is 9.32 Å². The number of hydrogen-bond donors (Lipinski definition) is 1. The van der Waals surface area contributed by atoms with E-state index in [2.05, 4.69) is 39.1 Å². The number of likely N-dealkylation sites (N-methyl/N-ethyl adjacent to an activating group) is 1. The lowest BCUT2D eigenvalue weighted by atomic mass is 10.0. The van der Waals surface area contributed by atoms with Gasteiger partial charge in [-0.2, -0.15) is 10.1 Å². The number of piperazine rings is 1. The third-order valence-electron chi connectivity index (χ3n) is 5.36. The molecule has 1 aliphatic heterocycles. The number of carbonyl (C=O) groups is 1. The molecule has 0 aromatic carbocycles. The summed E-state index contributed by atoms with van der Waals surface area (Å²) in [5.74, 6) is 2.10. The maximum Gasteiger partial charge on any atom is 0.257 e. The summed E-state index contributed by atoms with van der Waals surface area (Å²) in [4.78, 5) is 21.8. The van der Waals surface area contributed by atoms with Gasteiger partial charge in [-0.1, -0.05) is 19.0 Å². The van der Waals surface area contributed by atoms with Crippen LogP contribution in [0.3, 0.4) is 0 Å². The molecule has 1 atom stereocenters. The molecule has 8 nitrogen and oxygen atoms in total. The number of hydrogen-bond acceptors (Lipinski definition) is 6. The summed E-state index contributed by atoms with van der Waals surface area (Å²) in [5.41, 5.74) is 2.35. The maximum atomic E-state index is 13.2. The third-order valence-corrected chi connectivity index (χ3v) is 5.36. The summed E-state index contributed by atoms with van der Waals surface area (Å²) < 4.78 is 5.52.